The molecule has 1 nitrogen and oxygen atoms in total. The van der Waals surface area contributed by atoms with Gasteiger partial charge in [-0.2, -0.15) is 0 Å². The van der Waals surface area contributed by atoms with Crippen LogP contribution in [0.5, 0.6) is 0 Å². The Hall–Kier alpha value is -0.890. The van der Waals surface area contributed by atoms with E-state index in [1.54, 1.807) is 6.07 Å². The molecule has 1 unspecified atom stereocenters. The molecule has 1 aromatic rings. The summed E-state index contributed by atoms with van der Waals surface area (Å²) in [6, 6.07) is 7.08. The molecule has 2 heteroatoms. The molecule has 2 rings (SSSR count). The van der Waals surface area contributed by atoms with Gasteiger partial charge in [-0.1, -0.05) is 19.1 Å². The van der Waals surface area contributed by atoms with E-state index in [1.807, 2.05) is 6.07 Å². The Labute approximate surface area is 90.7 Å². The van der Waals surface area contributed by atoms with Crippen molar-refractivity contribution >= 4 is 0 Å². The van der Waals surface area contributed by atoms with Gasteiger partial charge < -0.3 is 5.32 Å². The van der Waals surface area contributed by atoms with E-state index in [4.69, 9.17) is 0 Å². The Bertz CT molecular complexity index is 329. The highest BCUT2D eigenvalue weighted by molar-refractivity contribution is 5.27. The zero-order chi connectivity index (χ0) is 10.7. The number of nitrogens with one attached hydrogen (secondary N) is 1. The average molecular weight is 207 g/mol. The Morgan fingerprint density at radius 3 is 2.93 bits per heavy atom. The molecule has 0 saturated carbocycles. The van der Waals surface area contributed by atoms with Crippen molar-refractivity contribution in [3.05, 3.63) is 35.6 Å². The number of piperidine rings is 1. The molecule has 0 bridgehead atoms. The standard InChI is InChI=1S/C13H18FN/c1-2-13(7-4-8-15-10-13)11-5-3-6-12(14)9-11/h3,5-6,9,15H,2,4,7-8,10H2,1H3. The van der Waals surface area contributed by atoms with Crippen molar-refractivity contribution in [1.82, 2.24) is 5.32 Å². The summed E-state index contributed by atoms with van der Waals surface area (Å²) in [5, 5.41) is 3.42. The van der Waals surface area contributed by atoms with E-state index in [2.05, 4.69) is 18.3 Å². The highest BCUT2D eigenvalue weighted by Crippen LogP contribution is 2.34. The van der Waals surface area contributed by atoms with E-state index < -0.39 is 0 Å². The molecule has 1 aliphatic rings. The fourth-order valence-electron chi connectivity index (χ4n) is 2.54. The maximum Gasteiger partial charge on any atom is 0.123 e. The van der Waals surface area contributed by atoms with Crippen LogP contribution in [0.2, 0.25) is 0 Å². The summed E-state index contributed by atoms with van der Waals surface area (Å²) in [6.45, 7) is 4.27. The second-order valence-corrected chi connectivity index (χ2v) is 4.42. The lowest BCUT2D eigenvalue weighted by molar-refractivity contribution is 0.302. The molecule has 1 N–H and O–H groups in total. The molecule has 0 aliphatic carbocycles. The van der Waals surface area contributed by atoms with Gasteiger partial charge in [0.1, 0.15) is 5.82 Å². The van der Waals surface area contributed by atoms with Crippen LogP contribution < -0.4 is 5.32 Å². The molecular formula is C13H18FN. The Morgan fingerprint density at radius 2 is 2.33 bits per heavy atom. The molecule has 1 atom stereocenters. The molecule has 82 valence electrons. The van der Waals surface area contributed by atoms with E-state index >= 15 is 0 Å². The molecule has 1 fully saturated rings. The van der Waals surface area contributed by atoms with Gasteiger partial charge in [-0.15, -0.1) is 0 Å². The van der Waals surface area contributed by atoms with Gasteiger partial charge in [0, 0.05) is 12.0 Å². The molecule has 1 aromatic carbocycles. The third kappa shape index (κ3) is 2.05. The van der Waals surface area contributed by atoms with Crippen molar-refractivity contribution in [3.8, 4) is 0 Å². The molecule has 0 spiro atoms. The van der Waals surface area contributed by atoms with Crippen molar-refractivity contribution < 1.29 is 4.39 Å². The van der Waals surface area contributed by atoms with Crippen molar-refractivity contribution in [2.45, 2.75) is 31.6 Å². The maximum atomic E-state index is 13.2. The average Bonchev–Trinajstić information content (AvgIpc) is 2.30. The van der Waals surface area contributed by atoms with Crippen molar-refractivity contribution in [2.24, 2.45) is 0 Å². The first kappa shape index (κ1) is 10.6. The summed E-state index contributed by atoms with van der Waals surface area (Å²) in [4.78, 5) is 0. The summed E-state index contributed by atoms with van der Waals surface area (Å²) in [6.07, 6.45) is 3.42. The van der Waals surface area contributed by atoms with Crippen LogP contribution in [-0.2, 0) is 5.41 Å². The van der Waals surface area contributed by atoms with Crippen molar-refractivity contribution in [2.75, 3.05) is 13.1 Å². The SMILES string of the molecule is CCC1(c2cccc(F)c2)CCCNC1. The monoisotopic (exact) mass is 207 g/mol. The second kappa shape index (κ2) is 4.31. The first-order valence-electron chi connectivity index (χ1n) is 5.74. The van der Waals surface area contributed by atoms with E-state index in [-0.39, 0.29) is 11.2 Å². The highest BCUT2D eigenvalue weighted by atomic mass is 19.1. The third-order valence-corrected chi connectivity index (χ3v) is 3.59. The smallest absolute Gasteiger partial charge is 0.123 e. The molecule has 1 aliphatic heterocycles. The van der Waals surface area contributed by atoms with Crippen LogP contribution in [-0.4, -0.2) is 13.1 Å². The quantitative estimate of drug-likeness (QED) is 0.786. The van der Waals surface area contributed by atoms with Gasteiger partial charge in [0.05, 0.1) is 0 Å². The molecule has 0 amide bonds. The normalized spacial score (nSPS) is 26.5. The number of rotatable bonds is 2. The Kier molecular flexibility index (Phi) is 3.06. The lowest BCUT2D eigenvalue weighted by Crippen LogP contribution is -2.42. The molecule has 15 heavy (non-hydrogen) atoms. The van der Waals surface area contributed by atoms with E-state index in [9.17, 15) is 4.39 Å². The first-order valence-corrected chi connectivity index (χ1v) is 5.74. The van der Waals surface area contributed by atoms with Gasteiger partial charge in [-0.05, 0) is 43.5 Å². The van der Waals surface area contributed by atoms with Crippen molar-refractivity contribution in [3.63, 3.8) is 0 Å². The molecule has 0 radical (unpaired) electrons. The summed E-state index contributed by atoms with van der Waals surface area (Å²) >= 11 is 0. The number of hydrogen-bond donors (Lipinski definition) is 1. The Balaban J connectivity index is 2.32. The van der Waals surface area contributed by atoms with Gasteiger partial charge in [0.2, 0.25) is 0 Å². The first-order chi connectivity index (χ1) is 7.27. The number of hydrogen-bond acceptors (Lipinski definition) is 1. The number of benzene rings is 1. The molecule has 1 saturated heterocycles. The predicted molar refractivity (Wildman–Crippen MR) is 60.5 cm³/mol. The molecular weight excluding hydrogens is 189 g/mol. The minimum Gasteiger partial charge on any atom is -0.316 e. The van der Waals surface area contributed by atoms with Crippen LogP contribution in [0.25, 0.3) is 0 Å². The van der Waals surface area contributed by atoms with Crippen LogP contribution in [0.4, 0.5) is 4.39 Å². The largest absolute Gasteiger partial charge is 0.316 e. The molecule has 0 aromatic heterocycles. The fraction of sp³-hybridized carbons (Fsp3) is 0.538. The molecule has 1 heterocycles. The lowest BCUT2D eigenvalue weighted by Gasteiger charge is -2.37. The van der Waals surface area contributed by atoms with Gasteiger partial charge in [0.15, 0.2) is 0 Å². The maximum absolute atomic E-state index is 13.2. The van der Waals surface area contributed by atoms with E-state index in [0.717, 1.165) is 25.1 Å². The van der Waals surface area contributed by atoms with E-state index in [1.165, 1.54) is 18.9 Å². The summed E-state index contributed by atoms with van der Waals surface area (Å²) in [5.41, 5.74) is 1.30. The lowest BCUT2D eigenvalue weighted by atomic mass is 9.73. The van der Waals surface area contributed by atoms with Crippen molar-refractivity contribution in [1.29, 1.82) is 0 Å². The number of halogens is 1. The van der Waals surface area contributed by atoms with Gasteiger partial charge in [-0.25, -0.2) is 4.39 Å². The van der Waals surface area contributed by atoms with E-state index in [0.29, 0.717) is 0 Å². The zero-order valence-corrected chi connectivity index (χ0v) is 9.22. The van der Waals surface area contributed by atoms with Gasteiger partial charge >= 0.3 is 0 Å². The predicted octanol–water partition coefficient (Wildman–Crippen LogP) is 2.86. The minimum absolute atomic E-state index is 0.120. The minimum atomic E-state index is -0.120. The Morgan fingerprint density at radius 1 is 1.47 bits per heavy atom. The van der Waals surface area contributed by atoms with Crippen LogP contribution in [0.15, 0.2) is 24.3 Å². The topological polar surface area (TPSA) is 12.0 Å². The van der Waals surface area contributed by atoms with Crippen LogP contribution in [0, 0.1) is 5.82 Å². The fourth-order valence-corrected chi connectivity index (χ4v) is 2.54. The van der Waals surface area contributed by atoms with Crippen LogP contribution in [0.1, 0.15) is 31.7 Å². The third-order valence-electron chi connectivity index (χ3n) is 3.59. The summed E-state index contributed by atoms with van der Waals surface area (Å²) in [7, 11) is 0. The zero-order valence-electron chi connectivity index (χ0n) is 9.22. The highest BCUT2D eigenvalue weighted by Gasteiger charge is 2.31. The van der Waals surface area contributed by atoms with Gasteiger partial charge in [-0.3, -0.25) is 0 Å². The van der Waals surface area contributed by atoms with Crippen LogP contribution in [0.3, 0.4) is 0 Å². The van der Waals surface area contributed by atoms with Gasteiger partial charge in [0.25, 0.3) is 0 Å². The van der Waals surface area contributed by atoms with Crippen LogP contribution >= 0.6 is 0 Å². The summed E-state index contributed by atoms with van der Waals surface area (Å²) in [5.74, 6) is -0.120. The second-order valence-electron chi connectivity index (χ2n) is 4.42. The summed E-state index contributed by atoms with van der Waals surface area (Å²) < 4.78 is 13.2.